The molecule has 0 spiro atoms. The molecule has 2 aromatic heterocycles. The first-order valence-electron chi connectivity index (χ1n) is 5.62. The molecule has 0 aliphatic rings. The van der Waals surface area contributed by atoms with Crippen LogP contribution in [0.3, 0.4) is 0 Å². The van der Waals surface area contributed by atoms with E-state index >= 15 is 0 Å². The van der Waals surface area contributed by atoms with Crippen LogP contribution in [0.2, 0.25) is 0 Å². The fourth-order valence-corrected chi connectivity index (χ4v) is 2.75. The van der Waals surface area contributed by atoms with E-state index in [0.29, 0.717) is 5.82 Å². The summed E-state index contributed by atoms with van der Waals surface area (Å²) < 4.78 is 5.42. The molecule has 0 saturated carbocycles. The highest BCUT2D eigenvalue weighted by Gasteiger charge is 2.19. The lowest BCUT2D eigenvalue weighted by molar-refractivity contribution is 0.436. The van der Waals surface area contributed by atoms with E-state index < -0.39 is 0 Å². The van der Waals surface area contributed by atoms with Gasteiger partial charge in [-0.25, -0.2) is 0 Å². The Kier molecular flexibility index (Phi) is 2.64. The largest absolute Gasteiger partial charge is 0.380 e. The van der Waals surface area contributed by atoms with Gasteiger partial charge in [0.05, 0.1) is 5.56 Å². The van der Waals surface area contributed by atoms with E-state index in [-0.39, 0.29) is 0 Å². The Morgan fingerprint density at radius 1 is 1.17 bits per heavy atom. The minimum Gasteiger partial charge on any atom is -0.380 e. The Labute approximate surface area is 109 Å². The fraction of sp³-hybridized carbons (Fsp3) is 0.0714. The monoisotopic (exact) mass is 256 g/mol. The van der Waals surface area contributed by atoms with Gasteiger partial charge >= 0.3 is 0 Å². The van der Waals surface area contributed by atoms with Crippen molar-refractivity contribution >= 4 is 17.2 Å². The van der Waals surface area contributed by atoms with Gasteiger partial charge < -0.3 is 10.3 Å². The molecule has 0 radical (unpaired) electrons. The van der Waals surface area contributed by atoms with E-state index in [1.54, 1.807) is 11.3 Å². The van der Waals surface area contributed by atoms with Gasteiger partial charge in [0.1, 0.15) is 0 Å². The molecule has 0 fully saturated rings. The maximum atomic E-state index is 5.92. The highest BCUT2D eigenvalue weighted by atomic mass is 32.1. The minimum absolute atomic E-state index is 0.440. The molecule has 2 N–H and O–H groups in total. The first-order valence-corrected chi connectivity index (χ1v) is 6.50. The van der Waals surface area contributed by atoms with Gasteiger partial charge in [-0.3, -0.25) is 0 Å². The average molecular weight is 256 g/mol. The molecular weight excluding hydrogens is 244 g/mol. The zero-order valence-electron chi connectivity index (χ0n) is 9.88. The van der Waals surface area contributed by atoms with Gasteiger partial charge in [-0.05, 0) is 23.9 Å². The number of anilines is 1. The van der Waals surface area contributed by atoms with Crippen molar-refractivity contribution in [3.05, 3.63) is 47.3 Å². The van der Waals surface area contributed by atoms with Crippen molar-refractivity contribution < 1.29 is 4.52 Å². The molecule has 0 unspecified atom stereocenters. The number of aromatic nitrogens is 1. The Bertz CT molecular complexity index is 671. The van der Waals surface area contributed by atoms with Gasteiger partial charge in [-0.15, -0.1) is 11.3 Å². The lowest BCUT2D eigenvalue weighted by atomic mass is 10.0. The molecule has 3 rings (SSSR count). The third kappa shape index (κ3) is 1.71. The third-order valence-electron chi connectivity index (χ3n) is 2.88. The van der Waals surface area contributed by atoms with Crippen molar-refractivity contribution in [3.8, 4) is 21.8 Å². The highest BCUT2D eigenvalue weighted by Crippen LogP contribution is 2.39. The van der Waals surface area contributed by atoms with Crippen molar-refractivity contribution in [2.24, 2.45) is 0 Å². The molecule has 0 amide bonds. The summed E-state index contributed by atoms with van der Waals surface area (Å²) >= 11 is 1.63. The molecule has 0 aliphatic heterocycles. The van der Waals surface area contributed by atoms with Crippen molar-refractivity contribution in [1.82, 2.24) is 5.16 Å². The first kappa shape index (κ1) is 11.0. The molecule has 0 bridgehead atoms. The van der Waals surface area contributed by atoms with Gasteiger partial charge in [0.2, 0.25) is 0 Å². The standard InChI is InChI=1S/C14H12N2OS/c1-9-5-2-3-6-10(9)13-12(14(15)16-17-13)11-7-4-8-18-11/h2-8H,1H3,(H2,15,16). The van der Waals surface area contributed by atoms with E-state index in [9.17, 15) is 0 Å². The summed E-state index contributed by atoms with van der Waals surface area (Å²) in [6.07, 6.45) is 0. The summed E-state index contributed by atoms with van der Waals surface area (Å²) in [5.41, 5.74) is 8.99. The van der Waals surface area contributed by atoms with Crippen LogP contribution in [0.1, 0.15) is 5.56 Å². The Morgan fingerprint density at radius 3 is 2.72 bits per heavy atom. The second-order valence-corrected chi connectivity index (χ2v) is 5.01. The fourth-order valence-electron chi connectivity index (χ4n) is 1.97. The molecule has 3 nitrogen and oxygen atoms in total. The maximum Gasteiger partial charge on any atom is 0.178 e. The lowest BCUT2D eigenvalue weighted by Gasteiger charge is -2.03. The molecule has 0 saturated heterocycles. The SMILES string of the molecule is Cc1ccccc1-c1onc(N)c1-c1cccs1. The van der Waals surface area contributed by atoms with Crippen LogP contribution in [0.5, 0.6) is 0 Å². The first-order chi connectivity index (χ1) is 8.77. The zero-order valence-corrected chi connectivity index (χ0v) is 10.7. The third-order valence-corrected chi connectivity index (χ3v) is 3.76. The van der Waals surface area contributed by atoms with Crippen LogP contribution >= 0.6 is 11.3 Å². The Balaban J connectivity index is 2.23. The predicted octanol–water partition coefficient (Wildman–Crippen LogP) is 3.96. The summed E-state index contributed by atoms with van der Waals surface area (Å²) in [5, 5.41) is 5.92. The van der Waals surface area contributed by atoms with Crippen LogP contribution in [-0.4, -0.2) is 5.16 Å². The summed E-state index contributed by atoms with van der Waals surface area (Å²) in [5.74, 6) is 1.18. The number of hydrogen-bond acceptors (Lipinski definition) is 4. The summed E-state index contributed by atoms with van der Waals surface area (Å²) in [6.45, 7) is 2.05. The number of aryl methyl sites for hydroxylation is 1. The number of nitrogens with two attached hydrogens (primary N) is 1. The lowest BCUT2D eigenvalue weighted by Crippen LogP contribution is -1.87. The van der Waals surface area contributed by atoms with E-state index in [2.05, 4.69) is 5.16 Å². The number of hydrogen-bond donors (Lipinski definition) is 1. The molecule has 4 heteroatoms. The van der Waals surface area contributed by atoms with E-state index in [1.807, 2.05) is 48.7 Å². The number of nitrogens with zero attached hydrogens (tertiary/aromatic N) is 1. The molecule has 18 heavy (non-hydrogen) atoms. The topological polar surface area (TPSA) is 52.0 Å². The number of thiophene rings is 1. The zero-order chi connectivity index (χ0) is 12.5. The van der Waals surface area contributed by atoms with E-state index in [1.165, 1.54) is 0 Å². The minimum atomic E-state index is 0.440. The van der Waals surface area contributed by atoms with E-state index in [4.69, 9.17) is 10.3 Å². The number of benzene rings is 1. The summed E-state index contributed by atoms with van der Waals surface area (Å²) in [6, 6.07) is 12.1. The molecule has 0 atom stereocenters. The average Bonchev–Trinajstić information content (AvgIpc) is 2.98. The van der Waals surface area contributed by atoms with Gasteiger partial charge in [0, 0.05) is 10.4 Å². The van der Waals surface area contributed by atoms with Gasteiger partial charge in [-0.1, -0.05) is 35.5 Å². The quantitative estimate of drug-likeness (QED) is 0.755. The van der Waals surface area contributed by atoms with E-state index in [0.717, 1.165) is 27.3 Å². The van der Waals surface area contributed by atoms with Crippen molar-refractivity contribution in [1.29, 1.82) is 0 Å². The second-order valence-electron chi connectivity index (χ2n) is 4.06. The van der Waals surface area contributed by atoms with Crippen LogP contribution in [0.4, 0.5) is 5.82 Å². The molecular formula is C14H12N2OS. The Hall–Kier alpha value is -2.07. The van der Waals surface area contributed by atoms with Crippen molar-refractivity contribution in [2.45, 2.75) is 6.92 Å². The van der Waals surface area contributed by atoms with Gasteiger partial charge in [0.25, 0.3) is 0 Å². The van der Waals surface area contributed by atoms with Gasteiger partial charge in [-0.2, -0.15) is 0 Å². The molecule has 0 aliphatic carbocycles. The second kappa shape index (κ2) is 4.31. The van der Waals surface area contributed by atoms with Crippen LogP contribution in [0, 0.1) is 6.92 Å². The molecule has 3 aromatic rings. The summed E-state index contributed by atoms with van der Waals surface area (Å²) in [4.78, 5) is 1.08. The smallest absolute Gasteiger partial charge is 0.178 e. The van der Waals surface area contributed by atoms with Crippen LogP contribution in [0.15, 0.2) is 46.3 Å². The predicted molar refractivity (Wildman–Crippen MR) is 74.4 cm³/mol. The Morgan fingerprint density at radius 2 is 2.00 bits per heavy atom. The summed E-state index contributed by atoms with van der Waals surface area (Å²) in [7, 11) is 0. The molecule has 2 heterocycles. The highest BCUT2D eigenvalue weighted by molar-refractivity contribution is 7.13. The number of rotatable bonds is 2. The number of nitrogen functional groups attached to an aromatic ring is 1. The van der Waals surface area contributed by atoms with Gasteiger partial charge in [0.15, 0.2) is 11.6 Å². The maximum absolute atomic E-state index is 5.92. The van der Waals surface area contributed by atoms with Crippen LogP contribution in [0.25, 0.3) is 21.8 Å². The van der Waals surface area contributed by atoms with Crippen molar-refractivity contribution in [2.75, 3.05) is 5.73 Å². The normalized spacial score (nSPS) is 10.7. The molecule has 90 valence electrons. The molecule has 1 aromatic carbocycles. The van der Waals surface area contributed by atoms with Crippen LogP contribution < -0.4 is 5.73 Å². The van der Waals surface area contributed by atoms with Crippen LogP contribution in [-0.2, 0) is 0 Å². The van der Waals surface area contributed by atoms with Crippen molar-refractivity contribution in [3.63, 3.8) is 0 Å².